The van der Waals surface area contributed by atoms with Gasteiger partial charge in [0.2, 0.25) is 0 Å². The number of rotatable bonds is 6. The number of carbonyl (C=O) groups excluding carboxylic acids is 1. The molecule has 0 aromatic carbocycles. The molecule has 15 heavy (non-hydrogen) atoms. The molecule has 0 rings (SSSR count). The van der Waals surface area contributed by atoms with E-state index >= 15 is 0 Å². The Labute approximate surface area is 93.6 Å². The number of esters is 1. The number of nitrogens with one attached hydrogen (secondary N) is 1. The zero-order chi connectivity index (χ0) is 12.0. The van der Waals surface area contributed by atoms with Crippen LogP contribution in [-0.4, -0.2) is 25.2 Å². The van der Waals surface area contributed by atoms with Crippen LogP contribution in [0.5, 0.6) is 0 Å². The summed E-state index contributed by atoms with van der Waals surface area (Å²) >= 11 is 0. The van der Waals surface area contributed by atoms with Crippen LogP contribution >= 0.6 is 0 Å². The van der Waals surface area contributed by atoms with Crippen LogP contribution in [0.2, 0.25) is 0 Å². The molecule has 0 fully saturated rings. The van der Waals surface area contributed by atoms with Crippen LogP contribution in [0.25, 0.3) is 0 Å². The maximum atomic E-state index is 11.5. The second kappa shape index (κ2) is 6.83. The topological polar surface area (TPSA) is 38.3 Å². The van der Waals surface area contributed by atoms with Gasteiger partial charge in [-0.25, -0.2) is 0 Å². The molecule has 0 aliphatic rings. The van der Waals surface area contributed by atoms with Crippen molar-refractivity contribution in [3.63, 3.8) is 0 Å². The van der Waals surface area contributed by atoms with Crippen molar-refractivity contribution in [3.05, 3.63) is 0 Å². The summed E-state index contributed by atoms with van der Waals surface area (Å²) in [5, 5.41) is 3.38. The lowest BCUT2D eigenvalue weighted by Crippen LogP contribution is -2.48. The SMILES string of the molecule is CCC(N[C@H](C(=O)OC)C(C)C)C(C)C. The highest BCUT2D eigenvalue weighted by Crippen LogP contribution is 2.11. The van der Waals surface area contributed by atoms with E-state index < -0.39 is 0 Å². The molecule has 3 nitrogen and oxygen atoms in total. The van der Waals surface area contributed by atoms with E-state index in [9.17, 15) is 4.79 Å². The molecule has 1 N–H and O–H groups in total. The minimum atomic E-state index is -0.192. The Morgan fingerprint density at radius 1 is 1.20 bits per heavy atom. The summed E-state index contributed by atoms with van der Waals surface area (Å²) < 4.78 is 4.80. The van der Waals surface area contributed by atoms with Gasteiger partial charge in [-0.05, 0) is 18.3 Å². The van der Waals surface area contributed by atoms with E-state index in [1.165, 1.54) is 7.11 Å². The fraction of sp³-hybridized carbons (Fsp3) is 0.917. The summed E-state index contributed by atoms with van der Waals surface area (Å²) in [6.07, 6.45) is 1.03. The first-order valence-corrected chi connectivity index (χ1v) is 5.77. The second-order valence-corrected chi connectivity index (χ2v) is 4.67. The lowest BCUT2D eigenvalue weighted by molar-refractivity contribution is -0.144. The van der Waals surface area contributed by atoms with Gasteiger partial charge in [-0.1, -0.05) is 34.6 Å². The van der Waals surface area contributed by atoms with Crippen LogP contribution in [0.1, 0.15) is 41.0 Å². The van der Waals surface area contributed by atoms with E-state index in [4.69, 9.17) is 4.74 Å². The standard InChI is InChI=1S/C12H25NO2/c1-7-10(8(2)3)13-11(9(4)5)12(14)15-6/h8-11,13H,7H2,1-6H3/t10?,11-/m0/s1. The number of hydrogen-bond donors (Lipinski definition) is 1. The molecule has 0 amide bonds. The van der Waals surface area contributed by atoms with Crippen molar-refractivity contribution in [2.24, 2.45) is 11.8 Å². The molecule has 0 aliphatic heterocycles. The summed E-state index contributed by atoms with van der Waals surface area (Å²) in [6, 6.07) is 0.179. The third-order valence-electron chi connectivity index (χ3n) is 2.76. The minimum Gasteiger partial charge on any atom is -0.468 e. The van der Waals surface area contributed by atoms with Gasteiger partial charge in [-0.3, -0.25) is 4.79 Å². The van der Waals surface area contributed by atoms with Crippen LogP contribution in [0.4, 0.5) is 0 Å². The fourth-order valence-electron chi connectivity index (χ4n) is 1.67. The Hall–Kier alpha value is -0.570. The average molecular weight is 215 g/mol. The number of carbonyl (C=O) groups is 1. The van der Waals surface area contributed by atoms with Crippen LogP contribution in [0.15, 0.2) is 0 Å². The van der Waals surface area contributed by atoms with Gasteiger partial charge >= 0.3 is 5.97 Å². The molecule has 0 heterocycles. The van der Waals surface area contributed by atoms with Crippen molar-refractivity contribution >= 4 is 5.97 Å². The van der Waals surface area contributed by atoms with Crippen molar-refractivity contribution in [1.82, 2.24) is 5.32 Å². The molecule has 0 aromatic heterocycles. The van der Waals surface area contributed by atoms with E-state index in [-0.39, 0.29) is 17.9 Å². The highest BCUT2D eigenvalue weighted by Gasteiger charge is 2.26. The molecule has 0 radical (unpaired) electrons. The first kappa shape index (κ1) is 14.4. The normalized spacial score (nSPS) is 15.5. The zero-order valence-electron chi connectivity index (χ0n) is 10.8. The molecule has 0 saturated heterocycles. The largest absolute Gasteiger partial charge is 0.468 e. The van der Waals surface area contributed by atoms with E-state index in [1.54, 1.807) is 0 Å². The van der Waals surface area contributed by atoms with Crippen molar-refractivity contribution in [2.45, 2.75) is 53.1 Å². The number of ether oxygens (including phenoxy) is 1. The van der Waals surface area contributed by atoms with Crippen molar-refractivity contribution in [2.75, 3.05) is 7.11 Å². The van der Waals surface area contributed by atoms with Crippen molar-refractivity contribution in [3.8, 4) is 0 Å². The van der Waals surface area contributed by atoms with Crippen LogP contribution in [0, 0.1) is 11.8 Å². The summed E-state index contributed by atoms with van der Waals surface area (Å²) in [5.74, 6) is 0.621. The van der Waals surface area contributed by atoms with Crippen LogP contribution in [-0.2, 0) is 9.53 Å². The summed E-state index contributed by atoms with van der Waals surface area (Å²) in [7, 11) is 1.44. The van der Waals surface area contributed by atoms with Gasteiger partial charge in [-0.15, -0.1) is 0 Å². The molecule has 0 bridgehead atoms. The third-order valence-corrected chi connectivity index (χ3v) is 2.76. The lowest BCUT2D eigenvalue weighted by atomic mass is 9.97. The third kappa shape index (κ3) is 4.65. The van der Waals surface area contributed by atoms with Gasteiger partial charge in [0.1, 0.15) is 6.04 Å². The van der Waals surface area contributed by atoms with E-state index in [1.807, 2.05) is 13.8 Å². The molecule has 3 heteroatoms. The predicted octanol–water partition coefficient (Wildman–Crippen LogP) is 2.21. The highest BCUT2D eigenvalue weighted by molar-refractivity contribution is 5.75. The van der Waals surface area contributed by atoms with Gasteiger partial charge in [-0.2, -0.15) is 0 Å². The minimum absolute atomic E-state index is 0.163. The average Bonchev–Trinajstić information content (AvgIpc) is 2.17. The van der Waals surface area contributed by atoms with E-state index in [0.717, 1.165) is 6.42 Å². The van der Waals surface area contributed by atoms with Gasteiger partial charge in [0.15, 0.2) is 0 Å². The van der Waals surface area contributed by atoms with Crippen molar-refractivity contribution < 1.29 is 9.53 Å². The molecule has 0 saturated carbocycles. The Morgan fingerprint density at radius 2 is 1.73 bits per heavy atom. The monoisotopic (exact) mass is 215 g/mol. The zero-order valence-corrected chi connectivity index (χ0v) is 10.8. The maximum absolute atomic E-state index is 11.5. The van der Waals surface area contributed by atoms with E-state index in [2.05, 4.69) is 26.1 Å². The molecular formula is C12H25NO2. The first-order chi connectivity index (χ1) is 6.93. The Morgan fingerprint density at radius 3 is 2.00 bits per heavy atom. The molecule has 90 valence electrons. The fourth-order valence-corrected chi connectivity index (χ4v) is 1.67. The molecule has 1 unspecified atom stereocenters. The number of hydrogen-bond acceptors (Lipinski definition) is 3. The smallest absolute Gasteiger partial charge is 0.323 e. The summed E-state index contributed by atoms with van der Waals surface area (Å²) in [6.45, 7) is 10.5. The molecule has 0 spiro atoms. The summed E-state index contributed by atoms with van der Waals surface area (Å²) in [4.78, 5) is 11.5. The van der Waals surface area contributed by atoms with Gasteiger partial charge in [0, 0.05) is 6.04 Å². The van der Waals surface area contributed by atoms with Crippen LogP contribution in [0.3, 0.4) is 0 Å². The molecule has 0 aliphatic carbocycles. The molecule has 2 atom stereocenters. The summed E-state index contributed by atoms with van der Waals surface area (Å²) in [5.41, 5.74) is 0. The Kier molecular flexibility index (Phi) is 6.57. The van der Waals surface area contributed by atoms with E-state index in [0.29, 0.717) is 12.0 Å². The first-order valence-electron chi connectivity index (χ1n) is 5.77. The lowest BCUT2D eigenvalue weighted by Gasteiger charge is -2.28. The molecular weight excluding hydrogens is 190 g/mol. The molecule has 0 aromatic rings. The van der Waals surface area contributed by atoms with Gasteiger partial charge in [0.05, 0.1) is 7.11 Å². The van der Waals surface area contributed by atoms with Gasteiger partial charge < -0.3 is 10.1 Å². The number of methoxy groups -OCH3 is 1. The van der Waals surface area contributed by atoms with Gasteiger partial charge in [0.25, 0.3) is 0 Å². The maximum Gasteiger partial charge on any atom is 0.323 e. The van der Waals surface area contributed by atoms with Crippen LogP contribution < -0.4 is 5.32 Å². The quantitative estimate of drug-likeness (QED) is 0.690. The Balaban J connectivity index is 4.45. The second-order valence-electron chi connectivity index (χ2n) is 4.67. The highest BCUT2D eigenvalue weighted by atomic mass is 16.5. The predicted molar refractivity (Wildman–Crippen MR) is 62.7 cm³/mol. The Bertz CT molecular complexity index is 190. The van der Waals surface area contributed by atoms with Crippen molar-refractivity contribution in [1.29, 1.82) is 0 Å².